The fraction of sp³-hybridized carbons (Fsp3) is 0.200. The summed E-state index contributed by atoms with van der Waals surface area (Å²) in [5.41, 5.74) is 1.32. The van der Waals surface area contributed by atoms with Crippen LogP contribution in [0.15, 0.2) is 73.3 Å². The lowest BCUT2D eigenvalue weighted by Gasteiger charge is -2.27. The van der Waals surface area contributed by atoms with Gasteiger partial charge in [0.15, 0.2) is 0 Å². The standard InChI is InChI=1S/C25H25Cl2N3O2S/c1-3-14-29(25(32)28-24-21(26)10-7-11-22(24)27)17-23(31)30(15-19-8-5-4-6-9-19)16-20-13-12-18(2)33-20/h3-13H,1,14-17H2,2H3,(H,28,32). The number of nitrogens with one attached hydrogen (secondary N) is 1. The summed E-state index contributed by atoms with van der Waals surface area (Å²) in [7, 11) is 0. The molecule has 3 amide bonds. The van der Waals surface area contributed by atoms with Gasteiger partial charge in [0.05, 0.1) is 22.3 Å². The summed E-state index contributed by atoms with van der Waals surface area (Å²) in [4.78, 5) is 31.7. The Morgan fingerprint density at radius 1 is 0.970 bits per heavy atom. The molecule has 0 aliphatic carbocycles. The number of aryl methyl sites for hydroxylation is 1. The maximum atomic E-state index is 13.4. The maximum Gasteiger partial charge on any atom is 0.322 e. The molecular weight excluding hydrogens is 477 g/mol. The van der Waals surface area contributed by atoms with Crippen molar-refractivity contribution in [3.8, 4) is 0 Å². The Bertz CT molecular complexity index is 1100. The third-order valence-electron chi connectivity index (χ3n) is 4.87. The van der Waals surface area contributed by atoms with Crippen molar-refractivity contribution in [3.05, 3.63) is 98.7 Å². The van der Waals surface area contributed by atoms with Crippen molar-refractivity contribution < 1.29 is 9.59 Å². The van der Waals surface area contributed by atoms with E-state index in [0.29, 0.717) is 28.8 Å². The van der Waals surface area contributed by atoms with E-state index in [9.17, 15) is 9.59 Å². The number of carbonyl (C=O) groups is 2. The average Bonchev–Trinajstić information content (AvgIpc) is 3.20. The van der Waals surface area contributed by atoms with Crippen LogP contribution in [0, 0.1) is 6.92 Å². The first kappa shape index (κ1) is 24.8. The largest absolute Gasteiger partial charge is 0.332 e. The number of carbonyl (C=O) groups excluding carboxylic acids is 2. The van der Waals surface area contributed by atoms with Gasteiger partial charge in [-0.25, -0.2) is 4.79 Å². The molecule has 172 valence electrons. The quantitative estimate of drug-likeness (QED) is 0.335. The van der Waals surface area contributed by atoms with Crippen molar-refractivity contribution in [2.75, 3.05) is 18.4 Å². The van der Waals surface area contributed by atoms with Crippen molar-refractivity contribution in [3.63, 3.8) is 0 Å². The van der Waals surface area contributed by atoms with Crippen molar-refractivity contribution in [1.82, 2.24) is 9.80 Å². The highest BCUT2D eigenvalue weighted by Crippen LogP contribution is 2.30. The molecule has 0 bridgehead atoms. The monoisotopic (exact) mass is 501 g/mol. The van der Waals surface area contributed by atoms with Crippen molar-refractivity contribution in [2.45, 2.75) is 20.0 Å². The second kappa shape index (κ2) is 11.9. The Morgan fingerprint density at radius 3 is 2.27 bits per heavy atom. The van der Waals surface area contributed by atoms with E-state index in [1.165, 1.54) is 9.78 Å². The molecular formula is C25H25Cl2N3O2S. The predicted octanol–water partition coefficient (Wildman–Crippen LogP) is 6.61. The third kappa shape index (κ3) is 7.09. The van der Waals surface area contributed by atoms with Crippen LogP contribution in [0.4, 0.5) is 10.5 Å². The first-order valence-corrected chi connectivity index (χ1v) is 11.9. The molecule has 1 aromatic heterocycles. The highest BCUT2D eigenvalue weighted by Gasteiger charge is 2.23. The van der Waals surface area contributed by atoms with E-state index in [1.807, 2.05) is 49.4 Å². The third-order valence-corrected chi connectivity index (χ3v) is 6.48. The first-order chi connectivity index (χ1) is 15.9. The second-order valence-electron chi connectivity index (χ2n) is 7.44. The van der Waals surface area contributed by atoms with Crippen LogP contribution in [0.5, 0.6) is 0 Å². The van der Waals surface area contributed by atoms with Crippen LogP contribution in [-0.2, 0) is 17.9 Å². The minimum atomic E-state index is -0.482. The maximum absolute atomic E-state index is 13.4. The lowest BCUT2D eigenvalue weighted by atomic mass is 10.2. The summed E-state index contributed by atoms with van der Waals surface area (Å²) < 4.78 is 0. The lowest BCUT2D eigenvalue weighted by Crippen LogP contribution is -2.44. The lowest BCUT2D eigenvalue weighted by molar-refractivity contribution is -0.132. The summed E-state index contributed by atoms with van der Waals surface area (Å²) in [5.74, 6) is -0.174. The predicted molar refractivity (Wildman–Crippen MR) is 137 cm³/mol. The van der Waals surface area contributed by atoms with Gasteiger partial charge in [0.1, 0.15) is 6.54 Å². The summed E-state index contributed by atoms with van der Waals surface area (Å²) in [6, 6.07) is 18.3. The number of halogens is 2. The number of amides is 3. The molecule has 1 N–H and O–H groups in total. The minimum absolute atomic E-state index is 0.114. The molecule has 0 aliphatic rings. The van der Waals surface area contributed by atoms with Crippen LogP contribution < -0.4 is 5.32 Å². The molecule has 0 atom stereocenters. The zero-order chi connectivity index (χ0) is 23.8. The zero-order valence-corrected chi connectivity index (χ0v) is 20.6. The van der Waals surface area contributed by atoms with Crippen LogP contribution >= 0.6 is 34.5 Å². The van der Waals surface area contributed by atoms with Crippen LogP contribution in [0.3, 0.4) is 0 Å². The van der Waals surface area contributed by atoms with E-state index in [1.54, 1.807) is 40.5 Å². The number of thiophene rings is 1. The highest BCUT2D eigenvalue weighted by atomic mass is 35.5. The minimum Gasteiger partial charge on any atom is -0.332 e. The number of hydrogen-bond acceptors (Lipinski definition) is 3. The smallest absolute Gasteiger partial charge is 0.322 e. The van der Waals surface area contributed by atoms with Crippen LogP contribution in [0.1, 0.15) is 15.3 Å². The van der Waals surface area contributed by atoms with Crippen molar-refractivity contribution in [1.29, 1.82) is 0 Å². The molecule has 0 saturated carbocycles. The van der Waals surface area contributed by atoms with Gasteiger partial charge in [0.25, 0.3) is 0 Å². The van der Waals surface area contributed by atoms with E-state index in [0.717, 1.165) is 10.4 Å². The van der Waals surface area contributed by atoms with Gasteiger partial charge in [-0.3, -0.25) is 4.79 Å². The van der Waals surface area contributed by atoms with Gasteiger partial charge in [-0.15, -0.1) is 17.9 Å². The summed E-state index contributed by atoms with van der Waals surface area (Å²) in [5, 5.41) is 3.36. The van der Waals surface area contributed by atoms with E-state index in [-0.39, 0.29) is 19.0 Å². The Kier molecular flexibility index (Phi) is 8.95. The van der Waals surface area contributed by atoms with E-state index in [2.05, 4.69) is 11.9 Å². The van der Waals surface area contributed by atoms with Gasteiger partial charge in [-0.2, -0.15) is 0 Å². The van der Waals surface area contributed by atoms with Gasteiger partial charge in [-0.1, -0.05) is 65.7 Å². The molecule has 0 fully saturated rings. The fourth-order valence-electron chi connectivity index (χ4n) is 3.24. The van der Waals surface area contributed by atoms with Crippen molar-refractivity contribution >= 4 is 52.2 Å². The van der Waals surface area contributed by atoms with E-state index < -0.39 is 6.03 Å². The molecule has 0 unspecified atom stereocenters. The number of nitrogens with zero attached hydrogens (tertiary/aromatic N) is 2. The van der Waals surface area contributed by atoms with Gasteiger partial charge >= 0.3 is 6.03 Å². The van der Waals surface area contributed by atoms with E-state index in [4.69, 9.17) is 23.2 Å². The molecule has 3 aromatic rings. The molecule has 2 aromatic carbocycles. The Labute approximate surface area is 208 Å². The fourth-order valence-corrected chi connectivity index (χ4v) is 4.63. The van der Waals surface area contributed by atoms with Crippen LogP contribution in [-0.4, -0.2) is 34.8 Å². The average molecular weight is 502 g/mol. The molecule has 33 heavy (non-hydrogen) atoms. The Hall–Kier alpha value is -2.80. The number of urea groups is 1. The molecule has 3 rings (SSSR count). The number of rotatable bonds is 9. The summed E-state index contributed by atoms with van der Waals surface area (Å²) >= 11 is 14.0. The topological polar surface area (TPSA) is 52.7 Å². The molecule has 5 nitrogen and oxygen atoms in total. The highest BCUT2D eigenvalue weighted by molar-refractivity contribution is 7.11. The zero-order valence-electron chi connectivity index (χ0n) is 18.3. The number of anilines is 1. The molecule has 1 heterocycles. The number of hydrogen-bond donors (Lipinski definition) is 1. The molecule has 0 radical (unpaired) electrons. The molecule has 8 heteroatoms. The van der Waals surface area contributed by atoms with Crippen LogP contribution in [0.2, 0.25) is 10.0 Å². The summed E-state index contributed by atoms with van der Waals surface area (Å²) in [6.45, 7) is 6.74. The van der Waals surface area contributed by atoms with Crippen molar-refractivity contribution in [2.24, 2.45) is 0 Å². The molecule has 0 spiro atoms. The number of para-hydroxylation sites is 1. The SMILES string of the molecule is C=CCN(CC(=O)N(Cc1ccccc1)Cc1ccc(C)s1)C(=O)Nc1c(Cl)cccc1Cl. The van der Waals surface area contributed by atoms with Gasteiger partial charge in [0, 0.05) is 22.8 Å². The Morgan fingerprint density at radius 2 is 1.67 bits per heavy atom. The van der Waals surface area contributed by atoms with Gasteiger partial charge in [0.2, 0.25) is 5.91 Å². The van der Waals surface area contributed by atoms with Gasteiger partial charge in [-0.05, 0) is 36.8 Å². The summed E-state index contributed by atoms with van der Waals surface area (Å²) in [6.07, 6.45) is 1.57. The molecule has 0 saturated heterocycles. The second-order valence-corrected chi connectivity index (χ2v) is 9.63. The normalized spacial score (nSPS) is 10.5. The first-order valence-electron chi connectivity index (χ1n) is 10.3. The molecule has 0 aliphatic heterocycles. The van der Waals surface area contributed by atoms with Crippen LogP contribution in [0.25, 0.3) is 0 Å². The number of benzene rings is 2. The Balaban J connectivity index is 1.77. The van der Waals surface area contributed by atoms with E-state index >= 15 is 0 Å². The van der Waals surface area contributed by atoms with Gasteiger partial charge < -0.3 is 15.1 Å².